The van der Waals surface area contributed by atoms with Crippen molar-refractivity contribution in [1.82, 2.24) is 0 Å². The third-order valence-corrected chi connectivity index (χ3v) is 4.60. The van der Waals surface area contributed by atoms with Crippen LogP contribution in [-0.4, -0.2) is 18.6 Å². The maximum atomic E-state index is 12.3. The Bertz CT molecular complexity index is 446. The first-order valence-corrected chi connectivity index (χ1v) is 7.54. The van der Waals surface area contributed by atoms with E-state index in [1.807, 2.05) is 24.3 Å². The average Bonchev–Trinajstić information content (AvgIpc) is 2.84. The zero-order chi connectivity index (χ0) is 13.9. The molecule has 1 aromatic carbocycles. The van der Waals surface area contributed by atoms with Gasteiger partial charge in [0.15, 0.2) is 0 Å². The summed E-state index contributed by atoms with van der Waals surface area (Å²) in [6.45, 7) is 2.14. The number of methoxy groups -OCH3 is 1. The van der Waals surface area contributed by atoms with Crippen molar-refractivity contribution in [3.8, 4) is 0 Å². The minimum Gasteiger partial charge on any atom is -0.467 e. The molecule has 1 aliphatic carbocycles. The molecule has 1 saturated carbocycles. The molecular formula is C15H20BrNO2. The van der Waals surface area contributed by atoms with Crippen LogP contribution >= 0.6 is 15.9 Å². The van der Waals surface area contributed by atoms with Crippen LogP contribution in [0.4, 0.5) is 5.69 Å². The highest BCUT2D eigenvalue weighted by molar-refractivity contribution is 9.10. The number of rotatable bonds is 4. The average molecular weight is 326 g/mol. The first kappa shape index (κ1) is 14.4. The summed E-state index contributed by atoms with van der Waals surface area (Å²) in [5.74, 6) is 0.198. The molecule has 0 saturated heterocycles. The Labute approximate surface area is 122 Å². The number of ether oxygens (including phenoxy) is 1. The van der Waals surface area contributed by atoms with Gasteiger partial charge in [0.05, 0.1) is 7.11 Å². The molecule has 1 aliphatic rings. The van der Waals surface area contributed by atoms with Crippen LogP contribution in [0.2, 0.25) is 0 Å². The molecule has 3 nitrogen and oxygen atoms in total. The molecule has 0 aromatic heterocycles. The number of nitrogens with one attached hydrogen (secondary N) is 1. The highest BCUT2D eigenvalue weighted by atomic mass is 79.9. The topological polar surface area (TPSA) is 38.3 Å². The van der Waals surface area contributed by atoms with E-state index in [2.05, 4.69) is 28.2 Å². The van der Waals surface area contributed by atoms with Gasteiger partial charge in [-0.25, -0.2) is 4.79 Å². The number of carbonyl (C=O) groups excluding carboxylic acids is 1. The third-order valence-electron chi connectivity index (χ3n) is 4.07. The molecule has 104 valence electrons. The second-order valence-corrected chi connectivity index (χ2v) is 6.01. The molecule has 1 aromatic rings. The Kier molecular flexibility index (Phi) is 4.50. The molecule has 2 rings (SSSR count). The Morgan fingerprint density at radius 2 is 2.16 bits per heavy atom. The molecule has 4 heteroatoms. The zero-order valence-corrected chi connectivity index (χ0v) is 13.0. The molecule has 0 heterocycles. The van der Waals surface area contributed by atoms with Crippen molar-refractivity contribution < 1.29 is 9.53 Å². The predicted molar refractivity (Wildman–Crippen MR) is 80.1 cm³/mol. The third kappa shape index (κ3) is 2.78. The van der Waals surface area contributed by atoms with E-state index >= 15 is 0 Å². The van der Waals surface area contributed by atoms with E-state index in [1.54, 1.807) is 0 Å². The molecule has 1 N–H and O–H groups in total. The monoisotopic (exact) mass is 325 g/mol. The van der Waals surface area contributed by atoms with Crippen LogP contribution in [0.25, 0.3) is 0 Å². The van der Waals surface area contributed by atoms with Gasteiger partial charge in [-0.15, -0.1) is 0 Å². The van der Waals surface area contributed by atoms with E-state index in [0.717, 1.165) is 35.8 Å². The molecule has 0 bridgehead atoms. The summed E-state index contributed by atoms with van der Waals surface area (Å²) in [5.41, 5.74) is 0.408. The van der Waals surface area contributed by atoms with Crippen molar-refractivity contribution in [2.75, 3.05) is 12.4 Å². The second kappa shape index (κ2) is 5.95. The molecule has 0 radical (unpaired) electrons. The standard InChI is InChI=1S/C15H20BrNO2/c1-3-11-5-4-10-15(11,14(18)19-2)17-13-8-6-12(16)7-9-13/h6-9,11,17H,3-5,10H2,1-2H3. The van der Waals surface area contributed by atoms with Crippen molar-refractivity contribution in [3.05, 3.63) is 28.7 Å². The lowest BCUT2D eigenvalue weighted by molar-refractivity contribution is -0.147. The van der Waals surface area contributed by atoms with Crippen LogP contribution in [0, 0.1) is 5.92 Å². The lowest BCUT2D eigenvalue weighted by atomic mass is 9.84. The molecule has 0 amide bonds. The van der Waals surface area contributed by atoms with Gasteiger partial charge >= 0.3 is 5.97 Å². The molecular weight excluding hydrogens is 306 g/mol. The van der Waals surface area contributed by atoms with E-state index in [4.69, 9.17) is 4.74 Å². The Hall–Kier alpha value is -1.03. The predicted octanol–water partition coefficient (Wildman–Crippen LogP) is 3.98. The quantitative estimate of drug-likeness (QED) is 0.851. The fourth-order valence-corrected chi connectivity index (χ4v) is 3.35. The number of esters is 1. The Morgan fingerprint density at radius 3 is 2.74 bits per heavy atom. The first-order valence-electron chi connectivity index (χ1n) is 6.74. The summed E-state index contributed by atoms with van der Waals surface area (Å²) in [7, 11) is 1.47. The summed E-state index contributed by atoms with van der Waals surface area (Å²) in [4.78, 5) is 12.3. The van der Waals surface area contributed by atoms with E-state index in [0.29, 0.717) is 5.92 Å². The summed E-state index contributed by atoms with van der Waals surface area (Å²) in [5, 5.41) is 3.44. The van der Waals surface area contributed by atoms with Gasteiger partial charge in [0, 0.05) is 10.2 Å². The summed E-state index contributed by atoms with van der Waals surface area (Å²) in [6, 6.07) is 7.92. The van der Waals surface area contributed by atoms with Gasteiger partial charge in [0.2, 0.25) is 0 Å². The van der Waals surface area contributed by atoms with Gasteiger partial charge in [-0.05, 0) is 43.0 Å². The Balaban J connectivity index is 2.28. The van der Waals surface area contributed by atoms with Crippen molar-refractivity contribution in [3.63, 3.8) is 0 Å². The van der Waals surface area contributed by atoms with Gasteiger partial charge in [-0.2, -0.15) is 0 Å². The minimum absolute atomic E-state index is 0.139. The van der Waals surface area contributed by atoms with Crippen molar-refractivity contribution >= 4 is 27.6 Å². The molecule has 19 heavy (non-hydrogen) atoms. The highest BCUT2D eigenvalue weighted by Gasteiger charge is 2.49. The maximum absolute atomic E-state index is 12.3. The van der Waals surface area contributed by atoms with E-state index < -0.39 is 5.54 Å². The lowest BCUT2D eigenvalue weighted by Gasteiger charge is -2.34. The maximum Gasteiger partial charge on any atom is 0.331 e. The fourth-order valence-electron chi connectivity index (χ4n) is 3.09. The van der Waals surface area contributed by atoms with Gasteiger partial charge in [-0.1, -0.05) is 35.7 Å². The minimum atomic E-state index is -0.558. The van der Waals surface area contributed by atoms with Crippen LogP contribution in [0.3, 0.4) is 0 Å². The van der Waals surface area contributed by atoms with E-state index in [-0.39, 0.29) is 5.97 Å². The van der Waals surface area contributed by atoms with E-state index in [9.17, 15) is 4.79 Å². The number of hydrogen-bond donors (Lipinski definition) is 1. The second-order valence-electron chi connectivity index (χ2n) is 5.09. The summed E-state index contributed by atoms with van der Waals surface area (Å²) >= 11 is 3.42. The van der Waals surface area contributed by atoms with Crippen LogP contribution in [-0.2, 0) is 9.53 Å². The van der Waals surface area contributed by atoms with Gasteiger partial charge < -0.3 is 10.1 Å². The van der Waals surface area contributed by atoms with Crippen LogP contribution in [0.5, 0.6) is 0 Å². The van der Waals surface area contributed by atoms with Gasteiger partial charge in [0.25, 0.3) is 0 Å². The van der Waals surface area contributed by atoms with Crippen LogP contribution < -0.4 is 5.32 Å². The zero-order valence-electron chi connectivity index (χ0n) is 11.4. The number of benzene rings is 1. The van der Waals surface area contributed by atoms with Crippen LogP contribution in [0.15, 0.2) is 28.7 Å². The molecule has 2 unspecified atom stereocenters. The fraction of sp³-hybridized carbons (Fsp3) is 0.533. The number of carbonyl (C=O) groups is 1. The summed E-state index contributed by atoms with van der Waals surface area (Å²) in [6.07, 6.45) is 3.97. The van der Waals surface area contributed by atoms with Gasteiger partial charge in [-0.3, -0.25) is 0 Å². The molecule has 1 fully saturated rings. The smallest absolute Gasteiger partial charge is 0.331 e. The Morgan fingerprint density at radius 1 is 1.47 bits per heavy atom. The molecule has 0 aliphatic heterocycles. The number of hydrogen-bond acceptors (Lipinski definition) is 3. The number of anilines is 1. The SMILES string of the molecule is CCC1CCCC1(Nc1ccc(Br)cc1)C(=O)OC. The van der Waals surface area contributed by atoms with Crippen molar-refractivity contribution in [2.45, 2.75) is 38.1 Å². The van der Waals surface area contributed by atoms with Crippen molar-refractivity contribution in [1.29, 1.82) is 0 Å². The largest absolute Gasteiger partial charge is 0.467 e. The normalized spacial score (nSPS) is 26.2. The summed E-state index contributed by atoms with van der Waals surface area (Å²) < 4.78 is 6.09. The van der Waals surface area contributed by atoms with Gasteiger partial charge in [0.1, 0.15) is 5.54 Å². The van der Waals surface area contributed by atoms with E-state index in [1.165, 1.54) is 7.11 Å². The van der Waals surface area contributed by atoms with Crippen LogP contribution in [0.1, 0.15) is 32.6 Å². The first-order chi connectivity index (χ1) is 9.12. The number of halogens is 1. The van der Waals surface area contributed by atoms with Crippen molar-refractivity contribution in [2.24, 2.45) is 5.92 Å². The molecule has 2 atom stereocenters. The highest BCUT2D eigenvalue weighted by Crippen LogP contribution is 2.41. The molecule has 0 spiro atoms. The lowest BCUT2D eigenvalue weighted by Crippen LogP contribution is -2.50.